The van der Waals surface area contributed by atoms with Gasteiger partial charge in [-0.1, -0.05) is 0 Å². The highest BCUT2D eigenvalue weighted by Crippen LogP contribution is 2.33. The first kappa shape index (κ1) is 40.0. The van der Waals surface area contributed by atoms with E-state index in [0.717, 1.165) is 87.2 Å². The summed E-state index contributed by atoms with van der Waals surface area (Å²) in [5.41, 5.74) is 2.70. The van der Waals surface area contributed by atoms with E-state index in [1.165, 1.54) is 12.3 Å². The zero-order valence-corrected chi connectivity index (χ0v) is 33.6. The van der Waals surface area contributed by atoms with Crippen molar-refractivity contribution < 1.29 is 33.1 Å². The van der Waals surface area contributed by atoms with Gasteiger partial charge >= 0.3 is 0 Å². The number of halogens is 1. The summed E-state index contributed by atoms with van der Waals surface area (Å²) in [6.45, 7) is 5.40. The Hall–Kier alpha value is -6.47. The van der Waals surface area contributed by atoms with Crippen molar-refractivity contribution in [2.24, 2.45) is 5.92 Å². The van der Waals surface area contributed by atoms with Crippen LogP contribution in [0, 0.1) is 23.1 Å². The van der Waals surface area contributed by atoms with Crippen molar-refractivity contribution in [2.45, 2.75) is 69.6 Å². The molecule has 0 bridgehead atoms. The SMILES string of the molecule is N#Cc1ccc(OC2CCC(NC(=O)c3cnc(N4CCC(CN5CCN(c6ccc7c(c6)C(=O)N(C6CCC(=O)NC6=O)C7=O)CC5)CC4)c(F)c3)CC2)c2cccnc12. The van der Waals surface area contributed by atoms with Gasteiger partial charge in [-0.3, -0.25) is 44.1 Å². The molecule has 4 fully saturated rings. The summed E-state index contributed by atoms with van der Waals surface area (Å²) in [6, 6.07) is 14.9. The van der Waals surface area contributed by atoms with E-state index in [9.17, 15) is 29.2 Å². The van der Waals surface area contributed by atoms with Crippen molar-refractivity contribution >= 4 is 51.9 Å². The minimum Gasteiger partial charge on any atom is -0.490 e. The highest BCUT2D eigenvalue weighted by molar-refractivity contribution is 6.23. The fourth-order valence-corrected chi connectivity index (χ4v) is 9.44. The van der Waals surface area contributed by atoms with Crippen molar-refractivity contribution in [3.8, 4) is 11.8 Å². The molecule has 5 aliphatic rings. The monoisotopic (exact) mass is 827 g/mol. The number of ether oxygens (including phenoxy) is 1. The number of nitrogens with zero attached hydrogens (tertiary/aromatic N) is 7. The van der Waals surface area contributed by atoms with Crippen LogP contribution in [0.15, 0.2) is 60.9 Å². The molecule has 4 aromatic rings. The highest BCUT2D eigenvalue weighted by atomic mass is 19.1. The fourth-order valence-electron chi connectivity index (χ4n) is 9.44. The molecule has 1 unspecified atom stereocenters. The molecule has 6 heterocycles. The van der Waals surface area contributed by atoms with Gasteiger partial charge in [-0.15, -0.1) is 0 Å². The van der Waals surface area contributed by atoms with Crippen LogP contribution in [0.1, 0.15) is 88.0 Å². The summed E-state index contributed by atoms with van der Waals surface area (Å²) in [5, 5.41) is 15.5. The Balaban J connectivity index is 0.714. The largest absolute Gasteiger partial charge is 0.490 e. The van der Waals surface area contributed by atoms with E-state index in [-0.39, 0.29) is 53.4 Å². The Morgan fingerprint density at radius 3 is 2.38 bits per heavy atom. The first-order chi connectivity index (χ1) is 29.6. The first-order valence-corrected chi connectivity index (χ1v) is 21.1. The number of carbonyl (C=O) groups excluding carboxylic acids is 5. The third-order valence-corrected chi connectivity index (χ3v) is 12.8. The Kier molecular flexibility index (Phi) is 11.1. The van der Waals surface area contributed by atoms with Gasteiger partial charge in [0.05, 0.1) is 33.9 Å². The maximum atomic E-state index is 15.5. The number of aromatic nitrogens is 2. The van der Waals surface area contributed by atoms with Crippen LogP contribution in [0.2, 0.25) is 0 Å². The van der Waals surface area contributed by atoms with Gasteiger partial charge in [0.1, 0.15) is 17.9 Å². The Bertz CT molecular complexity index is 2450. The molecule has 1 saturated carbocycles. The van der Waals surface area contributed by atoms with Crippen molar-refractivity contribution in [2.75, 3.05) is 55.6 Å². The van der Waals surface area contributed by atoms with Crippen LogP contribution in [0.4, 0.5) is 15.9 Å². The number of hydrogen-bond donors (Lipinski definition) is 2. The second-order valence-corrected chi connectivity index (χ2v) is 16.6. The molecule has 1 aliphatic carbocycles. The van der Waals surface area contributed by atoms with Crippen LogP contribution >= 0.6 is 0 Å². The molecule has 1 atom stereocenters. The second-order valence-electron chi connectivity index (χ2n) is 16.6. The number of rotatable bonds is 9. The van der Waals surface area contributed by atoms with E-state index in [2.05, 4.69) is 36.5 Å². The van der Waals surface area contributed by atoms with Gasteiger partial charge in [-0.25, -0.2) is 9.37 Å². The summed E-state index contributed by atoms with van der Waals surface area (Å²) in [4.78, 5) is 80.0. The number of hydrogen-bond acceptors (Lipinski definition) is 12. The second kappa shape index (κ2) is 16.9. The number of fused-ring (bicyclic) bond motifs is 2. The van der Waals surface area contributed by atoms with E-state index < -0.39 is 35.5 Å². The quantitative estimate of drug-likeness (QED) is 0.230. The minimum absolute atomic E-state index is 0.0357. The maximum absolute atomic E-state index is 15.5. The van der Waals surface area contributed by atoms with E-state index >= 15 is 4.39 Å². The number of imide groups is 2. The third-order valence-electron chi connectivity index (χ3n) is 12.8. The van der Waals surface area contributed by atoms with Crippen LogP contribution < -0.4 is 25.2 Å². The van der Waals surface area contributed by atoms with Crippen molar-refractivity contribution in [1.82, 2.24) is 30.4 Å². The number of anilines is 2. The molecule has 61 heavy (non-hydrogen) atoms. The summed E-state index contributed by atoms with van der Waals surface area (Å²) in [7, 11) is 0. The van der Waals surface area contributed by atoms with Gasteiger partial charge in [-0.05, 0) is 99.4 Å². The molecule has 15 nitrogen and oxygen atoms in total. The van der Waals surface area contributed by atoms with Gasteiger partial charge in [0.25, 0.3) is 17.7 Å². The number of piperazine rings is 1. The van der Waals surface area contributed by atoms with Gasteiger partial charge < -0.3 is 19.9 Å². The predicted octanol–water partition coefficient (Wildman–Crippen LogP) is 4.20. The van der Waals surface area contributed by atoms with Gasteiger partial charge in [0, 0.05) is 81.7 Å². The number of nitriles is 1. The molecule has 16 heteroatoms. The summed E-state index contributed by atoms with van der Waals surface area (Å²) >= 11 is 0. The lowest BCUT2D eigenvalue weighted by atomic mass is 9.92. The molecular formula is C45H46FN9O6. The molecule has 5 amide bonds. The topological polar surface area (TPSA) is 181 Å². The molecule has 2 N–H and O–H groups in total. The van der Waals surface area contributed by atoms with Crippen LogP contribution in [0.3, 0.4) is 0 Å². The number of carbonyl (C=O) groups is 5. The Morgan fingerprint density at radius 1 is 0.869 bits per heavy atom. The van der Waals surface area contributed by atoms with Crippen LogP contribution in [-0.4, -0.2) is 113 Å². The Labute approximate surface area is 351 Å². The van der Waals surface area contributed by atoms with E-state index in [4.69, 9.17) is 4.74 Å². The average Bonchev–Trinajstić information content (AvgIpc) is 3.52. The molecular weight excluding hydrogens is 782 g/mol. The lowest BCUT2D eigenvalue weighted by Gasteiger charge is -2.40. The lowest BCUT2D eigenvalue weighted by Crippen LogP contribution is -2.54. The molecule has 0 radical (unpaired) electrons. The van der Waals surface area contributed by atoms with Crippen molar-refractivity contribution in [3.63, 3.8) is 0 Å². The number of nitrogens with one attached hydrogen (secondary N) is 2. The average molecular weight is 828 g/mol. The summed E-state index contributed by atoms with van der Waals surface area (Å²) in [5.74, 6) is -1.51. The normalized spacial score (nSPS) is 22.6. The third kappa shape index (κ3) is 8.09. The van der Waals surface area contributed by atoms with E-state index in [0.29, 0.717) is 35.8 Å². The molecule has 3 saturated heterocycles. The zero-order valence-electron chi connectivity index (χ0n) is 33.6. The fraction of sp³-hybridized carbons (Fsp3) is 0.422. The summed E-state index contributed by atoms with van der Waals surface area (Å²) < 4.78 is 21.8. The highest BCUT2D eigenvalue weighted by Gasteiger charge is 2.45. The van der Waals surface area contributed by atoms with Crippen molar-refractivity contribution in [3.05, 3.63) is 89.0 Å². The number of benzene rings is 2. The molecule has 2 aromatic carbocycles. The molecule has 9 rings (SSSR count). The van der Waals surface area contributed by atoms with Gasteiger partial charge in [-0.2, -0.15) is 5.26 Å². The number of piperidine rings is 2. The van der Waals surface area contributed by atoms with E-state index in [1.807, 2.05) is 29.2 Å². The number of pyridine rings is 2. The Morgan fingerprint density at radius 2 is 1.64 bits per heavy atom. The molecule has 0 spiro atoms. The van der Waals surface area contributed by atoms with Gasteiger partial charge in [0.2, 0.25) is 11.8 Å². The standard InChI is InChI=1S/C45H46FN9O6/c46-36-22-29(42(57)50-30-4-7-32(8-5-30)61-38-11-3-28(24-47)40-34(38)2-1-15-48-40)25-49-41(36)54-16-13-27(14-17-54)26-52-18-20-53(21-19-52)31-6-9-33-35(23-31)45(60)55(44(33)59)37-10-12-39(56)51-43(37)58/h1-3,6,9,11,15,22-23,25,27,30,32,37H,4-5,7-8,10,12-14,16-21,26H2,(H,50,57)(H,51,56,58). The van der Waals surface area contributed by atoms with E-state index in [1.54, 1.807) is 24.4 Å². The predicted molar refractivity (Wildman–Crippen MR) is 221 cm³/mol. The molecule has 314 valence electrons. The maximum Gasteiger partial charge on any atom is 0.262 e. The van der Waals surface area contributed by atoms with Crippen molar-refractivity contribution in [1.29, 1.82) is 5.26 Å². The van der Waals surface area contributed by atoms with Crippen LogP contribution in [0.25, 0.3) is 10.9 Å². The smallest absolute Gasteiger partial charge is 0.262 e. The lowest BCUT2D eigenvalue weighted by molar-refractivity contribution is -0.136. The molecule has 4 aliphatic heterocycles. The molecule has 2 aromatic heterocycles. The van der Waals surface area contributed by atoms with Crippen LogP contribution in [0.5, 0.6) is 5.75 Å². The minimum atomic E-state index is -0.994. The first-order valence-electron chi connectivity index (χ1n) is 21.1. The summed E-state index contributed by atoms with van der Waals surface area (Å²) in [6.07, 6.45) is 7.97. The number of amides is 5. The van der Waals surface area contributed by atoms with Gasteiger partial charge in [0.15, 0.2) is 11.6 Å². The van der Waals surface area contributed by atoms with Crippen LogP contribution in [-0.2, 0) is 9.59 Å². The zero-order chi connectivity index (χ0) is 42.2.